The molecule has 41 heavy (non-hydrogen) atoms. The van der Waals surface area contributed by atoms with E-state index in [0.29, 0.717) is 52.0 Å². The second-order valence-corrected chi connectivity index (χ2v) is 8.94. The second-order valence-electron chi connectivity index (χ2n) is 8.94. The smallest absolute Gasteiger partial charge is 0.327 e. The summed E-state index contributed by atoms with van der Waals surface area (Å²) >= 11 is 0. The van der Waals surface area contributed by atoms with E-state index in [0.717, 1.165) is 12.5 Å². The number of aliphatic hydroxyl groups excluding tert-OH is 4. The van der Waals surface area contributed by atoms with Crippen molar-refractivity contribution in [3.8, 4) is 5.75 Å². The summed E-state index contributed by atoms with van der Waals surface area (Å²) in [6, 6.07) is 7.91. The van der Waals surface area contributed by atoms with E-state index in [2.05, 4.69) is 25.6 Å². The van der Waals surface area contributed by atoms with Gasteiger partial charge in [0.25, 0.3) is 0 Å². The fraction of sp³-hybridized carbons (Fsp3) is 0.700. The number of rotatable bonds is 24. The lowest BCUT2D eigenvalue weighted by molar-refractivity contribution is -0.131. The summed E-state index contributed by atoms with van der Waals surface area (Å²) < 4.78 is 26.6. The number of carboxylic acids is 1. The fourth-order valence-electron chi connectivity index (χ4n) is 2.94. The van der Waals surface area contributed by atoms with E-state index in [4.69, 9.17) is 44.1 Å². The molecule has 2 unspecified atom stereocenters. The highest BCUT2D eigenvalue weighted by Crippen LogP contribution is 2.16. The van der Waals surface area contributed by atoms with E-state index < -0.39 is 18.4 Å². The third-order valence-electron chi connectivity index (χ3n) is 5.07. The third-order valence-corrected chi connectivity index (χ3v) is 5.07. The van der Waals surface area contributed by atoms with Crippen molar-refractivity contribution >= 4 is 5.97 Å². The van der Waals surface area contributed by atoms with Crippen LogP contribution in [-0.4, -0.2) is 110 Å². The van der Waals surface area contributed by atoms with Crippen LogP contribution in [0.15, 0.2) is 36.9 Å². The van der Waals surface area contributed by atoms with Gasteiger partial charge in [-0.15, -0.1) is 0 Å². The maximum Gasteiger partial charge on any atom is 0.327 e. The predicted octanol–water partition coefficient (Wildman–Crippen LogP) is 2.96. The molecule has 0 aliphatic heterocycles. The number of hydrogen-bond acceptors (Lipinski definition) is 10. The molecule has 1 aromatic rings. The number of aryl methyl sites for hydroxylation is 1. The molecule has 0 saturated heterocycles. The lowest BCUT2D eigenvalue weighted by atomic mass is 10.0. The Morgan fingerprint density at radius 3 is 1.76 bits per heavy atom. The highest BCUT2D eigenvalue weighted by molar-refractivity contribution is 5.78. The van der Waals surface area contributed by atoms with Crippen LogP contribution in [0.5, 0.6) is 5.75 Å². The Labute approximate surface area is 245 Å². The molecule has 0 amide bonds. The molecule has 11 nitrogen and oxygen atoms in total. The van der Waals surface area contributed by atoms with Gasteiger partial charge >= 0.3 is 5.97 Å². The average Bonchev–Trinajstić information content (AvgIpc) is 2.97. The molecule has 11 heteroatoms. The minimum atomic E-state index is -1.01. The molecule has 2 atom stereocenters. The zero-order chi connectivity index (χ0) is 31.0. The normalized spacial score (nSPS) is 11.9. The number of carboxylic acid groups (broad SMARTS) is 1. The SMILES string of the molecule is C=CC(=O)O.CC(O)CO.CCCCCCCCc1ccc(OC(O)COCCOCCOCCOCCO)cc1. The van der Waals surface area contributed by atoms with Gasteiger partial charge in [-0.05, 0) is 37.5 Å². The quantitative estimate of drug-likeness (QED) is 0.0683. The molecule has 0 saturated carbocycles. The van der Waals surface area contributed by atoms with Crippen LogP contribution >= 0.6 is 0 Å². The van der Waals surface area contributed by atoms with Gasteiger partial charge in [0.15, 0.2) is 0 Å². The van der Waals surface area contributed by atoms with Crippen molar-refractivity contribution in [2.75, 3.05) is 66.1 Å². The van der Waals surface area contributed by atoms with Crippen molar-refractivity contribution in [2.45, 2.75) is 71.2 Å². The summed E-state index contributed by atoms with van der Waals surface area (Å²) in [6.45, 7) is 9.70. The lowest BCUT2D eigenvalue weighted by Crippen LogP contribution is -2.23. The highest BCUT2D eigenvalue weighted by Gasteiger charge is 2.06. The Morgan fingerprint density at radius 2 is 1.29 bits per heavy atom. The predicted molar refractivity (Wildman–Crippen MR) is 157 cm³/mol. The van der Waals surface area contributed by atoms with Crippen molar-refractivity contribution in [3.05, 3.63) is 42.5 Å². The van der Waals surface area contributed by atoms with Crippen molar-refractivity contribution in [3.63, 3.8) is 0 Å². The molecule has 1 rings (SSSR count). The van der Waals surface area contributed by atoms with Crippen LogP contribution in [0.4, 0.5) is 0 Å². The van der Waals surface area contributed by atoms with E-state index in [1.165, 1.54) is 51.0 Å². The fourth-order valence-corrected chi connectivity index (χ4v) is 2.94. The molecule has 240 valence electrons. The standard InChI is InChI=1S/C24H42O7.C3H8O2.C3H4O2/c1-2-3-4-5-6-7-8-22-9-11-23(12-10-22)31-24(26)21-30-20-19-29-18-17-28-16-15-27-14-13-25;1-3(5)2-4;1-2-3(4)5/h9-12,24-26H,2-8,13-21H2,1H3;3-5H,2H2,1H3;2H,1H2,(H,4,5). The Bertz CT molecular complexity index is 684. The summed E-state index contributed by atoms with van der Waals surface area (Å²) in [5.74, 6) is -0.343. The van der Waals surface area contributed by atoms with Crippen LogP contribution in [0.2, 0.25) is 0 Å². The van der Waals surface area contributed by atoms with E-state index in [1.807, 2.05) is 12.1 Å². The number of unbranched alkanes of at least 4 members (excludes halogenated alkanes) is 5. The van der Waals surface area contributed by atoms with Crippen LogP contribution in [0, 0.1) is 0 Å². The minimum absolute atomic E-state index is 0.0223. The molecule has 0 radical (unpaired) electrons. The van der Waals surface area contributed by atoms with Gasteiger partial charge in [-0.3, -0.25) is 0 Å². The van der Waals surface area contributed by atoms with Crippen molar-refractivity contribution in [1.82, 2.24) is 0 Å². The Hall–Kier alpha value is -2.09. The highest BCUT2D eigenvalue weighted by atomic mass is 16.6. The summed E-state index contributed by atoms with van der Waals surface area (Å²) in [4.78, 5) is 9.25. The summed E-state index contributed by atoms with van der Waals surface area (Å²) in [5.41, 5.74) is 1.30. The van der Waals surface area contributed by atoms with Gasteiger partial charge in [0, 0.05) is 6.08 Å². The van der Waals surface area contributed by atoms with Gasteiger partial charge < -0.3 is 49.2 Å². The number of benzene rings is 1. The van der Waals surface area contributed by atoms with Crippen LogP contribution < -0.4 is 4.74 Å². The first-order chi connectivity index (χ1) is 19.8. The third kappa shape index (κ3) is 34.0. The Morgan fingerprint density at radius 1 is 0.829 bits per heavy atom. The lowest BCUT2D eigenvalue weighted by Gasteiger charge is -2.14. The van der Waals surface area contributed by atoms with Gasteiger partial charge in [-0.25, -0.2) is 4.79 Å². The summed E-state index contributed by atoms with van der Waals surface area (Å²) in [7, 11) is 0. The van der Waals surface area contributed by atoms with Gasteiger partial charge in [0.1, 0.15) is 12.4 Å². The van der Waals surface area contributed by atoms with Crippen molar-refractivity contribution in [2.24, 2.45) is 0 Å². The first kappa shape index (κ1) is 41.0. The summed E-state index contributed by atoms with van der Waals surface area (Å²) in [6.07, 6.45) is 8.13. The van der Waals surface area contributed by atoms with Gasteiger partial charge in [-0.1, -0.05) is 57.7 Å². The second kappa shape index (κ2) is 32.4. The minimum Gasteiger partial charge on any atom is -0.478 e. The van der Waals surface area contributed by atoms with Gasteiger partial charge in [0.05, 0.1) is 65.6 Å². The molecule has 5 N–H and O–H groups in total. The Balaban J connectivity index is 0. The summed E-state index contributed by atoms with van der Waals surface area (Å²) in [5, 5.41) is 42.1. The topological polar surface area (TPSA) is 164 Å². The van der Waals surface area contributed by atoms with E-state index in [1.54, 1.807) is 0 Å². The van der Waals surface area contributed by atoms with E-state index in [9.17, 15) is 9.90 Å². The van der Waals surface area contributed by atoms with Crippen LogP contribution in [0.1, 0.15) is 57.9 Å². The van der Waals surface area contributed by atoms with Gasteiger partial charge in [-0.2, -0.15) is 0 Å². The number of hydrogen-bond donors (Lipinski definition) is 5. The molecule has 0 heterocycles. The molecule has 1 aromatic carbocycles. The van der Waals surface area contributed by atoms with E-state index >= 15 is 0 Å². The number of aliphatic carboxylic acids is 1. The zero-order valence-corrected chi connectivity index (χ0v) is 25.0. The molecular weight excluding hydrogens is 536 g/mol. The maximum absolute atomic E-state index is 9.94. The Kier molecular flexibility index (Phi) is 32.5. The molecule has 0 fully saturated rings. The van der Waals surface area contributed by atoms with Crippen molar-refractivity contribution in [1.29, 1.82) is 0 Å². The molecule has 0 aromatic heterocycles. The number of aliphatic hydroxyl groups is 4. The largest absolute Gasteiger partial charge is 0.478 e. The first-order valence-electron chi connectivity index (χ1n) is 14.3. The maximum atomic E-state index is 9.94. The monoisotopic (exact) mass is 590 g/mol. The zero-order valence-electron chi connectivity index (χ0n) is 25.0. The number of ether oxygens (including phenoxy) is 5. The average molecular weight is 591 g/mol. The van der Waals surface area contributed by atoms with E-state index in [-0.39, 0.29) is 19.8 Å². The number of carbonyl (C=O) groups is 1. The van der Waals surface area contributed by atoms with Crippen LogP contribution in [-0.2, 0) is 30.2 Å². The molecular formula is C30H54O11. The van der Waals surface area contributed by atoms with Gasteiger partial charge in [0.2, 0.25) is 6.29 Å². The molecule has 0 aliphatic rings. The molecule has 0 bridgehead atoms. The van der Waals surface area contributed by atoms with Crippen LogP contribution in [0.3, 0.4) is 0 Å². The molecule has 0 spiro atoms. The van der Waals surface area contributed by atoms with Crippen LogP contribution in [0.25, 0.3) is 0 Å². The molecule has 0 aliphatic carbocycles. The van der Waals surface area contributed by atoms with Crippen molar-refractivity contribution < 1.29 is 54.0 Å². The first-order valence-corrected chi connectivity index (χ1v) is 14.3.